The first-order chi connectivity index (χ1) is 7.58. The van der Waals surface area contributed by atoms with E-state index in [-0.39, 0.29) is 0 Å². The average Bonchev–Trinajstić information content (AvgIpc) is 2.22. The van der Waals surface area contributed by atoms with Crippen molar-refractivity contribution >= 4 is 33.9 Å². The van der Waals surface area contributed by atoms with E-state index in [9.17, 15) is 0 Å². The van der Waals surface area contributed by atoms with Crippen LogP contribution in [0.5, 0.6) is 0 Å². The lowest BCUT2D eigenvalue weighted by molar-refractivity contribution is 0.902. The van der Waals surface area contributed by atoms with Gasteiger partial charge in [0, 0.05) is 16.5 Å². The SMILES string of the molecule is CC(C)Nc1c(N)cnc2cc(Cl)ccc12. The van der Waals surface area contributed by atoms with Gasteiger partial charge in [-0.25, -0.2) is 0 Å². The zero-order chi connectivity index (χ0) is 11.7. The Labute approximate surface area is 99.6 Å². The molecular weight excluding hydrogens is 222 g/mol. The number of aromatic nitrogens is 1. The molecule has 84 valence electrons. The molecule has 0 saturated heterocycles. The fourth-order valence-electron chi connectivity index (χ4n) is 1.63. The van der Waals surface area contributed by atoms with Crippen LogP contribution in [0.15, 0.2) is 24.4 Å². The number of benzene rings is 1. The molecule has 0 unspecified atom stereocenters. The van der Waals surface area contributed by atoms with E-state index in [1.165, 1.54) is 0 Å². The van der Waals surface area contributed by atoms with E-state index >= 15 is 0 Å². The molecule has 2 rings (SSSR count). The van der Waals surface area contributed by atoms with Crippen molar-refractivity contribution in [1.82, 2.24) is 4.98 Å². The molecule has 3 nitrogen and oxygen atoms in total. The Kier molecular flexibility index (Phi) is 2.88. The number of anilines is 2. The van der Waals surface area contributed by atoms with Gasteiger partial charge in [-0.05, 0) is 32.0 Å². The van der Waals surface area contributed by atoms with E-state index in [1.54, 1.807) is 6.20 Å². The number of pyridine rings is 1. The Morgan fingerprint density at radius 2 is 2.12 bits per heavy atom. The van der Waals surface area contributed by atoms with Crippen LogP contribution in [0.4, 0.5) is 11.4 Å². The third-order valence-corrected chi connectivity index (χ3v) is 2.53. The maximum Gasteiger partial charge on any atom is 0.0743 e. The second-order valence-electron chi connectivity index (χ2n) is 4.05. The van der Waals surface area contributed by atoms with E-state index in [2.05, 4.69) is 24.1 Å². The quantitative estimate of drug-likeness (QED) is 0.840. The van der Waals surface area contributed by atoms with Gasteiger partial charge in [0.05, 0.1) is 23.1 Å². The van der Waals surface area contributed by atoms with Crippen LogP contribution in [0.3, 0.4) is 0 Å². The molecular formula is C12H14ClN3. The minimum absolute atomic E-state index is 0.323. The first-order valence-corrected chi connectivity index (χ1v) is 5.56. The van der Waals surface area contributed by atoms with Crippen LogP contribution >= 0.6 is 11.6 Å². The summed E-state index contributed by atoms with van der Waals surface area (Å²) in [5.74, 6) is 0. The smallest absolute Gasteiger partial charge is 0.0743 e. The highest BCUT2D eigenvalue weighted by atomic mass is 35.5. The van der Waals surface area contributed by atoms with Gasteiger partial charge < -0.3 is 11.1 Å². The standard InChI is InChI=1S/C12H14ClN3/c1-7(2)16-12-9-4-3-8(13)5-11(9)15-6-10(12)14/h3-7H,14H2,1-2H3,(H,15,16). The fraction of sp³-hybridized carbons (Fsp3) is 0.250. The number of nitrogens with two attached hydrogens (primary N) is 1. The first kappa shape index (κ1) is 11.0. The molecule has 0 atom stereocenters. The molecule has 1 heterocycles. The molecule has 0 aliphatic rings. The van der Waals surface area contributed by atoms with Crippen LogP contribution in [0.25, 0.3) is 10.9 Å². The number of nitrogen functional groups attached to an aromatic ring is 1. The second kappa shape index (κ2) is 4.18. The van der Waals surface area contributed by atoms with Gasteiger partial charge in [0.2, 0.25) is 0 Å². The Bertz CT molecular complexity index is 523. The van der Waals surface area contributed by atoms with Crippen molar-refractivity contribution in [1.29, 1.82) is 0 Å². The summed E-state index contributed by atoms with van der Waals surface area (Å²) in [5, 5.41) is 5.01. The van der Waals surface area contributed by atoms with E-state index < -0.39 is 0 Å². The molecule has 1 aromatic carbocycles. The second-order valence-corrected chi connectivity index (χ2v) is 4.49. The normalized spacial score (nSPS) is 11.0. The van der Waals surface area contributed by atoms with Crippen molar-refractivity contribution in [2.75, 3.05) is 11.1 Å². The summed E-state index contributed by atoms with van der Waals surface area (Å²) >= 11 is 5.92. The Hall–Kier alpha value is -1.48. The molecule has 1 aromatic heterocycles. The third-order valence-electron chi connectivity index (χ3n) is 2.29. The molecule has 0 fully saturated rings. The Morgan fingerprint density at radius 3 is 2.81 bits per heavy atom. The summed E-state index contributed by atoms with van der Waals surface area (Å²) < 4.78 is 0. The predicted molar refractivity (Wildman–Crippen MR) is 69.9 cm³/mol. The highest BCUT2D eigenvalue weighted by molar-refractivity contribution is 6.31. The zero-order valence-corrected chi connectivity index (χ0v) is 10.0. The maximum absolute atomic E-state index is 5.92. The van der Waals surface area contributed by atoms with Crippen LogP contribution in [0, 0.1) is 0 Å². The van der Waals surface area contributed by atoms with Gasteiger partial charge in [0.25, 0.3) is 0 Å². The summed E-state index contributed by atoms with van der Waals surface area (Å²) in [5.41, 5.74) is 8.35. The minimum atomic E-state index is 0.323. The van der Waals surface area contributed by atoms with Gasteiger partial charge in [-0.1, -0.05) is 11.6 Å². The van der Waals surface area contributed by atoms with Gasteiger partial charge in [-0.2, -0.15) is 0 Å². The number of hydrogen-bond donors (Lipinski definition) is 2. The Morgan fingerprint density at radius 1 is 1.38 bits per heavy atom. The predicted octanol–water partition coefficient (Wildman–Crippen LogP) is 3.29. The number of halogens is 1. The van der Waals surface area contributed by atoms with E-state index in [1.807, 2.05) is 18.2 Å². The van der Waals surface area contributed by atoms with Gasteiger partial charge in [0.1, 0.15) is 0 Å². The van der Waals surface area contributed by atoms with Crippen molar-refractivity contribution in [3.05, 3.63) is 29.4 Å². The molecule has 16 heavy (non-hydrogen) atoms. The fourth-order valence-corrected chi connectivity index (χ4v) is 1.80. The molecule has 0 aliphatic carbocycles. The Balaban J connectivity index is 2.64. The number of nitrogens with zero attached hydrogens (tertiary/aromatic N) is 1. The van der Waals surface area contributed by atoms with E-state index in [4.69, 9.17) is 17.3 Å². The maximum atomic E-state index is 5.92. The molecule has 4 heteroatoms. The number of fused-ring (bicyclic) bond motifs is 1. The van der Waals surface area contributed by atoms with Crippen molar-refractivity contribution in [3.63, 3.8) is 0 Å². The highest BCUT2D eigenvalue weighted by Gasteiger charge is 2.07. The van der Waals surface area contributed by atoms with Crippen molar-refractivity contribution in [2.45, 2.75) is 19.9 Å². The zero-order valence-electron chi connectivity index (χ0n) is 9.29. The van der Waals surface area contributed by atoms with Crippen LogP contribution < -0.4 is 11.1 Å². The van der Waals surface area contributed by atoms with Crippen molar-refractivity contribution < 1.29 is 0 Å². The number of nitrogens with one attached hydrogen (secondary N) is 1. The van der Waals surface area contributed by atoms with Gasteiger partial charge in [-0.3, -0.25) is 4.98 Å². The summed E-state index contributed by atoms with van der Waals surface area (Å²) in [4.78, 5) is 4.26. The largest absolute Gasteiger partial charge is 0.396 e. The van der Waals surface area contributed by atoms with Crippen molar-refractivity contribution in [3.8, 4) is 0 Å². The van der Waals surface area contributed by atoms with Gasteiger partial charge >= 0.3 is 0 Å². The molecule has 0 saturated carbocycles. The molecule has 3 N–H and O–H groups in total. The lowest BCUT2D eigenvalue weighted by Gasteiger charge is -2.14. The molecule has 2 aromatic rings. The topological polar surface area (TPSA) is 50.9 Å². The molecule has 0 radical (unpaired) electrons. The van der Waals surface area contributed by atoms with Crippen LogP contribution in [0.1, 0.15) is 13.8 Å². The summed E-state index contributed by atoms with van der Waals surface area (Å²) in [6.45, 7) is 4.14. The van der Waals surface area contributed by atoms with Gasteiger partial charge in [-0.15, -0.1) is 0 Å². The van der Waals surface area contributed by atoms with Crippen LogP contribution in [0.2, 0.25) is 5.02 Å². The first-order valence-electron chi connectivity index (χ1n) is 5.18. The summed E-state index contributed by atoms with van der Waals surface area (Å²) in [6, 6.07) is 5.94. The minimum Gasteiger partial charge on any atom is -0.396 e. The van der Waals surface area contributed by atoms with Gasteiger partial charge in [0.15, 0.2) is 0 Å². The van der Waals surface area contributed by atoms with E-state index in [0.717, 1.165) is 16.6 Å². The number of rotatable bonds is 2. The molecule has 0 aliphatic heterocycles. The third kappa shape index (κ3) is 2.04. The summed E-state index contributed by atoms with van der Waals surface area (Å²) in [7, 11) is 0. The van der Waals surface area contributed by atoms with Crippen LogP contribution in [-0.2, 0) is 0 Å². The lowest BCUT2D eigenvalue weighted by atomic mass is 10.1. The van der Waals surface area contributed by atoms with E-state index in [0.29, 0.717) is 16.8 Å². The lowest BCUT2D eigenvalue weighted by Crippen LogP contribution is -2.12. The number of hydrogen-bond acceptors (Lipinski definition) is 3. The highest BCUT2D eigenvalue weighted by Crippen LogP contribution is 2.29. The average molecular weight is 236 g/mol. The molecule has 0 spiro atoms. The summed E-state index contributed by atoms with van der Waals surface area (Å²) in [6.07, 6.45) is 1.66. The van der Waals surface area contributed by atoms with Crippen molar-refractivity contribution in [2.24, 2.45) is 0 Å². The molecule has 0 bridgehead atoms. The molecule has 0 amide bonds. The van der Waals surface area contributed by atoms with Crippen LogP contribution in [-0.4, -0.2) is 11.0 Å². The monoisotopic (exact) mass is 235 g/mol.